The zero-order valence-electron chi connectivity index (χ0n) is 7.83. The Morgan fingerprint density at radius 2 is 2.13 bits per heavy atom. The van der Waals surface area contributed by atoms with E-state index < -0.39 is 11.2 Å². The molecule has 3 N–H and O–H groups in total. The van der Waals surface area contributed by atoms with Crippen LogP contribution in [0.1, 0.15) is 5.56 Å². The molecule has 0 amide bonds. The minimum Gasteiger partial charge on any atom is -0.476 e. The zero-order valence-corrected chi connectivity index (χ0v) is 8.65. The average Bonchev–Trinajstić information content (AvgIpc) is 2.10. The van der Waals surface area contributed by atoms with Gasteiger partial charge in [-0.15, -0.1) is 0 Å². The number of carbonyl (C=O) groups is 1. The van der Waals surface area contributed by atoms with Crippen LogP contribution in [0.2, 0.25) is 0 Å². The van der Waals surface area contributed by atoms with Crippen LogP contribution in [0.4, 0.5) is 14.5 Å². The summed E-state index contributed by atoms with van der Waals surface area (Å²) in [5.41, 5.74) is 6.62. The maximum Gasteiger partial charge on any atom is 0.393 e. The highest BCUT2D eigenvalue weighted by atomic mass is 32.2. The van der Waals surface area contributed by atoms with Gasteiger partial charge in [-0.2, -0.15) is 8.78 Å². The van der Waals surface area contributed by atoms with E-state index in [1.165, 1.54) is 18.2 Å². The highest BCUT2D eigenvalue weighted by Crippen LogP contribution is 2.36. The van der Waals surface area contributed by atoms with E-state index in [-0.39, 0.29) is 16.7 Å². The second-order valence-corrected chi connectivity index (χ2v) is 4.13. The Bertz CT molecular complexity index is 396. The molecule has 0 saturated heterocycles. The van der Waals surface area contributed by atoms with Gasteiger partial charge in [-0.05, 0) is 42.4 Å². The predicted molar refractivity (Wildman–Crippen MR) is 54.0 cm³/mol. The molecule has 0 bridgehead atoms. The van der Waals surface area contributed by atoms with Gasteiger partial charge in [0.25, 0.3) is 0 Å². The summed E-state index contributed by atoms with van der Waals surface area (Å²) in [6.07, 6.45) is 0. The molecule has 1 rings (SSSR count). The second-order valence-electron chi connectivity index (χ2n) is 2.94. The Kier molecular flexibility index (Phi) is 3.18. The first-order valence-electron chi connectivity index (χ1n) is 3.99. The molecule has 0 heterocycles. The van der Waals surface area contributed by atoms with Crippen molar-refractivity contribution >= 4 is 23.4 Å². The number of anilines is 1. The molecule has 1 aromatic carbocycles. The van der Waals surface area contributed by atoms with E-state index in [4.69, 9.17) is 10.8 Å². The smallest absolute Gasteiger partial charge is 0.393 e. The van der Waals surface area contributed by atoms with Crippen LogP contribution < -0.4 is 5.73 Å². The first-order valence-corrected chi connectivity index (χ1v) is 4.81. The molecule has 1 aromatic rings. The van der Waals surface area contributed by atoms with Gasteiger partial charge in [0, 0.05) is 10.6 Å². The number of aryl methyl sites for hydroxylation is 1. The zero-order chi connectivity index (χ0) is 11.6. The number of benzene rings is 1. The van der Waals surface area contributed by atoms with E-state index in [1.54, 1.807) is 6.92 Å². The van der Waals surface area contributed by atoms with Gasteiger partial charge in [0.15, 0.2) is 0 Å². The Hall–Kier alpha value is -1.30. The lowest BCUT2D eigenvalue weighted by molar-refractivity contribution is -0.152. The van der Waals surface area contributed by atoms with E-state index in [9.17, 15) is 13.6 Å². The Morgan fingerprint density at radius 1 is 1.53 bits per heavy atom. The van der Waals surface area contributed by atoms with Gasteiger partial charge in [-0.3, -0.25) is 0 Å². The molecule has 0 unspecified atom stereocenters. The molecule has 0 aromatic heterocycles. The van der Waals surface area contributed by atoms with E-state index in [1.807, 2.05) is 0 Å². The number of hydrogen-bond donors (Lipinski definition) is 2. The van der Waals surface area contributed by atoms with Crippen molar-refractivity contribution in [3.8, 4) is 0 Å². The van der Waals surface area contributed by atoms with E-state index >= 15 is 0 Å². The number of halogens is 2. The van der Waals surface area contributed by atoms with Crippen molar-refractivity contribution in [3.05, 3.63) is 23.8 Å². The third-order valence-electron chi connectivity index (χ3n) is 1.74. The fraction of sp³-hybridized carbons (Fsp3) is 0.222. The summed E-state index contributed by atoms with van der Waals surface area (Å²) >= 11 is -0.0116. The number of carboxylic acids is 1. The van der Waals surface area contributed by atoms with Gasteiger partial charge >= 0.3 is 11.2 Å². The normalized spacial score (nSPS) is 11.4. The Balaban J connectivity index is 2.91. The van der Waals surface area contributed by atoms with Crippen LogP contribution in [0.25, 0.3) is 0 Å². The van der Waals surface area contributed by atoms with Crippen LogP contribution >= 0.6 is 11.8 Å². The summed E-state index contributed by atoms with van der Waals surface area (Å²) in [7, 11) is 0. The minimum atomic E-state index is -3.82. The first-order chi connectivity index (χ1) is 6.83. The summed E-state index contributed by atoms with van der Waals surface area (Å²) in [6, 6.07) is 4.26. The van der Waals surface area contributed by atoms with Crippen LogP contribution in [0.15, 0.2) is 23.1 Å². The number of thioether (sulfide) groups is 1. The van der Waals surface area contributed by atoms with Crippen LogP contribution in [0.5, 0.6) is 0 Å². The summed E-state index contributed by atoms with van der Waals surface area (Å²) in [4.78, 5) is 10.4. The molecule has 3 nitrogen and oxygen atoms in total. The molecule has 0 aliphatic rings. The van der Waals surface area contributed by atoms with Crippen molar-refractivity contribution in [1.82, 2.24) is 0 Å². The topological polar surface area (TPSA) is 63.3 Å². The van der Waals surface area contributed by atoms with Crippen molar-refractivity contribution in [2.75, 3.05) is 5.73 Å². The average molecular weight is 233 g/mol. The van der Waals surface area contributed by atoms with Gasteiger partial charge in [0.1, 0.15) is 0 Å². The largest absolute Gasteiger partial charge is 0.476 e. The highest BCUT2D eigenvalue weighted by Gasteiger charge is 2.40. The monoisotopic (exact) mass is 233 g/mol. The van der Waals surface area contributed by atoms with Crippen molar-refractivity contribution in [3.63, 3.8) is 0 Å². The SMILES string of the molecule is Cc1cc(SC(F)(F)C(=O)O)ccc1N. The predicted octanol–water partition coefficient (Wildman–Crippen LogP) is 2.35. The lowest BCUT2D eigenvalue weighted by Gasteiger charge is -2.11. The molecule has 0 fully saturated rings. The Labute approximate surface area is 89.3 Å². The highest BCUT2D eigenvalue weighted by molar-refractivity contribution is 8.01. The van der Waals surface area contributed by atoms with Gasteiger partial charge in [-0.25, -0.2) is 4.79 Å². The van der Waals surface area contributed by atoms with Gasteiger partial charge in [0.05, 0.1) is 0 Å². The fourth-order valence-electron chi connectivity index (χ4n) is 0.903. The lowest BCUT2D eigenvalue weighted by Crippen LogP contribution is -2.23. The van der Waals surface area contributed by atoms with Gasteiger partial charge < -0.3 is 10.8 Å². The molecule has 82 valence electrons. The van der Waals surface area contributed by atoms with Crippen LogP contribution in [-0.4, -0.2) is 16.3 Å². The van der Waals surface area contributed by atoms with Gasteiger partial charge in [-0.1, -0.05) is 0 Å². The third-order valence-corrected chi connectivity index (χ3v) is 2.66. The molecule has 0 radical (unpaired) electrons. The first kappa shape index (κ1) is 11.8. The van der Waals surface area contributed by atoms with Crippen molar-refractivity contribution < 1.29 is 18.7 Å². The van der Waals surface area contributed by atoms with Crippen LogP contribution in [0.3, 0.4) is 0 Å². The molecule has 6 heteroatoms. The number of carboxylic acid groups (broad SMARTS) is 1. The number of alkyl halides is 2. The molecule has 0 aliphatic heterocycles. The maximum atomic E-state index is 12.8. The van der Waals surface area contributed by atoms with Crippen molar-refractivity contribution in [2.24, 2.45) is 0 Å². The quantitative estimate of drug-likeness (QED) is 0.621. The lowest BCUT2D eigenvalue weighted by atomic mass is 10.2. The van der Waals surface area contributed by atoms with Gasteiger partial charge in [0.2, 0.25) is 0 Å². The number of rotatable bonds is 3. The number of nitrogen functional groups attached to an aromatic ring is 1. The van der Waals surface area contributed by atoms with E-state index in [2.05, 4.69) is 0 Å². The Morgan fingerprint density at radius 3 is 2.60 bits per heavy atom. The van der Waals surface area contributed by atoms with E-state index in [0.29, 0.717) is 11.3 Å². The molecule has 0 aliphatic carbocycles. The minimum absolute atomic E-state index is 0.0116. The van der Waals surface area contributed by atoms with Crippen molar-refractivity contribution in [1.29, 1.82) is 0 Å². The molecule has 0 spiro atoms. The molecular weight excluding hydrogens is 224 g/mol. The van der Waals surface area contributed by atoms with Crippen LogP contribution in [0, 0.1) is 6.92 Å². The molecular formula is C9H9F2NO2S. The number of aliphatic carboxylic acids is 1. The molecule has 0 atom stereocenters. The fourth-order valence-corrected chi connectivity index (χ4v) is 1.66. The standard InChI is InChI=1S/C9H9F2NO2S/c1-5-4-6(2-3-7(5)12)15-9(10,11)8(13)14/h2-4H,12H2,1H3,(H,13,14). The van der Waals surface area contributed by atoms with E-state index in [0.717, 1.165) is 0 Å². The second kappa shape index (κ2) is 4.06. The number of nitrogens with two attached hydrogens (primary N) is 1. The molecule has 15 heavy (non-hydrogen) atoms. The van der Waals surface area contributed by atoms with Crippen molar-refractivity contribution in [2.45, 2.75) is 17.1 Å². The third kappa shape index (κ3) is 2.82. The molecule has 0 saturated carbocycles. The van der Waals surface area contributed by atoms with Crippen LogP contribution in [-0.2, 0) is 4.79 Å². The summed E-state index contributed by atoms with van der Waals surface area (Å²) in [5.74, 6) is -2.15. The summed E-state index contributed by atoms with van der Waals surface area (Å²) < 4.78 is 25.6. The summed E-state index contributed by atoms with van der Waals surface area (Å²) in [5, 5.41) is 4.41. The summed E-state index contributed by atoms with van der Waals surface area (Å²) in [6.45, 7) is 1.66. The maximum absolute atomic E-state index is 12.8. The number of hydrogen-bond acceptors (Lipinski definition) is 3.